The van der Waals surface area contributed by atoms with Gasteiger partial charge >= 0.3 is 5.97 Å². The van der Waals surface area contributed by atoms with Crippen molar-refractivity contribution in [1.29, 1.82) is 0 Å². The van der Waals surface area contributed by atoms with Crippen molar-refractivity contribution in [2.24, 2.45) is 10.2 Å². The predicted molar refractivity (Wildman–Crippen MR) is 116 cm³/mol. The summed E-state index contributed by atoms with van der Waals surface area (Å²) in [4.78, 5) is 36.0. The Kier molecular flexibility index (Phi) is 7.14. The van der Waals surface area contributed by atoms with Crippen molar-refractivity contribution in [2.75, 3.05) is 13.2 Å². The van der Waals surface area contributed by atoms with Gasteiger partial charge in [0.15, 0.2) is 5.69 Å². The van der Waals surface area contributed by atoms with Gasteiger partial charge in [0.05, 0.1) is 12.1 Å². The van der Waals surface area contributed by atoms with E-state index in [2.05, 4.69) is 31.5 Å². The van der Waals surface area contributed by atoms with E-state index in [1.54, 1.807) is 55.5 Å². The van der Waals surface area contributed by atoms with E-state index in [9.17, 15) is 19.5 Å². The highest BCUT2D eigenvalue weighted by atomic mass is 79.9. The number of nitrogens with one attached hydrogen (secondary N) is 1. The number of aromatic hydroxyl groups is 1. The summed E-state index contributed by atoms with van der Waals surface area (Å²) in [7, 11) is 0. The Morgan fingerprint density at radius 3 is 2.55 bits per heavy atom. The average molecular weight is 487 g/mol. The largest absolute Gasteiger partial charge is 0.493 e. The molecule has 0 saturated carbocycles. The molecule has 160 valence electrons. The Morgan fingerprint density at radius 1 is 1.13 bits per heavy atom. The first-order valence-corrected chi connectivity index (χ1v) is 10.1. The maximum atomic E-state index is 12.1. The SMILES string of the molecule is CCOC(=O)Cn1c(O)c(N=NC(=O)CNC(=O)c2ccc(Br)cc2)c2ccccc21. The van der Waals surface area contributed by atoms with E-state index in [-0.39, 0.29) is 31.3 Å². The highest BCUT2D eigenvalue weighted by Gasteiger charge is 2.19. The van der Waals surface area contributed by atoms with Crippen LogP contribution in [0.25, 0.3) is 10.9 Å². The second-order valence-electron chi connectivity index (χ2n) is 6.36. The number of aromatic nitrogens is 1. The summed E-state index contributed by atoms with van der Waals surface area (Å²) in [6.07, 6.45) is 0. The second kappa shape index (κ2) is 9.98. The van der Waals surface area contributed by atoms with Gasteiger partial charge in [-0.05, 0) is 37.3 Å². The summed E-state index contributed by atoms with van der Waals surface area (Å²) >= 11 is 3.28. The monoisotopic (exact) mass is 486 g/mol. The van der Waals surface area contributed by atoms with Gasteiger partial charge in [-0.2, -0.15) is 0 Å². The quantitative estimate of drug-likeness (QED) is 0.389. The molecule has 10 heteroatoms. The Bertz CT molecular complexity index is 1150. The fourth-order valence-electron chi connectivity index (χ4n) is 2.87. The van der Waals surface area contributed by atoms with Gasteiger partial charge in [0.2, 0.25) is 5.88 Å². The van der Waals surface area contributed by atoms with Crippen LogP contribution in [0, 0.1) is 0 Å². The summed E-state index contributed by atoms with van der Waals surface area (Å²) in [5.74, 6) is -1.96. The molecule has 0 saturated heterocycles. The van der Waals surface area contributed by atoms with Crippen molar-refractivity contribution in [2.45, 2.75) is 13.5 Å². The number of benzene rings is 2. The van der Waals surface area contributed by atoms with Gasteiger partial charge in [-0.25, -0.2) is 0 Å². The molecule has 0 fully saturated rings. The number of nitrogens with zero attached hydrogens (tertiary/aromatic N) is 3. The van der Waals surface area contributed by atoms with Crippen molar-refractivity contribution in [3.8, 4) is 5.88 Å². The molecule has 0 spiro atoms. The number of azo groups is 1. The molecule has 2 aromatic carbocycles. The Balaban J connectivity index is 1.74. The summed E-state index contributed by atoms with van der Waals surface area (Å²) < 4.78 is 7.10. The molecule has 0 bridgehead atoms. The lowest BCUT2D eigenvalue weighted by atomic mass is 10.2. The normalized spacial score (nSPS) is 11.0. The summed E-state index contributed by atoms with van der Waals surface area (Å²) in [6.45, 7) is 1.33. The third kappa shape index (κ3) is 5.34. The highest BCUT2D eigenvalue weighted by molar-refractivity contribution is 9.10. The van der Waals surface area contributed by atoms with Gasteiger partial charge in [-0.15, -0.1) is 10.2 Å². The lowest BCUT2D eigenvalue weighted by Gasteiger charge is -2.06. The van der Waals surface area contributed by atoms with Crippen LogP contribution < -0.4 is 5.32 Å². The minimum Gasteiger partial charge on any atom is -0.493 e. The molecule has 3 rings (SSSR count). The lowest BCUT2D eigenvalue weighted by molar-refractivity contribution is -0.143. The zero-order valence-corrected chi connectivity index (χ0v) is 18.1. The van der Waals surface area contributed by atoms with Gasteiger partial charge < -0.3 is 15.2 Å². The Hall–Kier alpha value is -3.53. The smallest absolute Gasteiger partial charge is 0.326 e. The maximum Gasteiger partial charge on any atom is 0.326 e. The van der Waals surface area contributed by atoms with E-state index in [0.29, 0.717) is 16.5 Å². The summed E-state index contributed by atoms with van der Waals surface area (Å²) in [5.41, 5.74) is 0.984. The third-order valence-electron chi connectivity index (χ3n) is 4.28. The molecule has 2 amide bonds. The number of para-hydroxylation sites is 1. The first-order chi connectivity index (χ1) is 14.9. The first-order valence-electron chi connectivity index (χ1n) is 9.34. The minimum absolute atomic E-state index is 0.0486. The van der Waals surface area contributed by atoms with Crippen LogP contribution in [0.15, 0.2) is 63.2 Å². The summed E-state index contributed by atoms with van der Waals surface area (Å²) in [5, 5.41) is 21.0. The van der Waals surface area contributed by atoms with Gasteiger partial charge in [-0.1, -0.05) is 34.1 Å². The molecule has 2 N–H and O–H groups in total. The molecule has 0 atom stereocenters. The molecule has 0 radical (unpaired) electrons. The zero-order valence-electron chi connectivity index (χ0n) is 16.5. The average Bonchev–Trinajstić information content (AvgIpc) is 3.02. The molecule has 0 aliphatic heterocycles. The molecule has 1 heterocycles. The first kappa shape index (κ1) is 22.2. The fraction of sp³-hybridized carbons (Fsp3) is 0.190. The van der Waals surface area contributed by atoms with E-state index < -0.39 is 17.8 Å². The van der Waals surface area contributed by atoms with Gasteiger partial charge in [-0.3, -0.25) is 19.0 Å². The number of amides is 2. The number of hydrogen-bond acceptors (Lipinski definition) is 6. The fourth-order valence-corrected chi connectivity index (χ4v) is 3.13. The zero-order chi connectivity index (χ0) is 22.4. The number of rotatable bonds is 7. The van der Waals surface area contributed by atoms with Gasteiger partial charge in [0, 0.05) is 15.4 Å². The lowest BCUT2D eigenvalue weighted by Crippen LogP contribution is -2.28. The van der Waals surface area contributed by atoms with Crippen molar-refractivity contribution >= 4 is 50.3 Å². The molecule has 9 nitrogen and oxygen atoms in total. The van der Waals surface area contributed by atoms with Crippen molar-refractivity contribution in [1.82, 2.24) is 9.88 Å². The van der Waals surface area contributed by atoms with Crippen LogP contribution in [0.3, 0.4) is 0 Å². The van der Waals surface area contributed by atoms with Crippen LogP contribution in [-0.2, 0) is 20.9 Å². The van der Waals surface area contributed by atoms with Gasteiger partial charge in [0.1, 0.15) is 13.1 Å². The highest BCUT2D eigenvalue weighted by Crippen LogP contribution is 2.38. The molecule has 1 aromatic heterocycles. The minimum atomic E-state index is -0.702. The van der Waals surface area contributed by atoms with Crippen LogP contribution in [0.1, 0.15) is 17.3 Å². The van der Waals surface area contributed by atoms with Crippen molar-refractivity contribution in [3.05, 3.63) is 58.6 Å². The molecule has 0 unspecified atom stereocenters. The molecule has 3 aromatic rings. The third-order valence-corrected chi connectivity index (χ3v) is 4.81. The number of ether oxygens (including phenoxy) is 1. The number of esters is 1. The number of halogens is 1. The van der Waals surface area contributed by atoms with Crippen LogP contribution in [0.4, 0.5) is 5.69 Å². The summed E-state index contributed by atoms with van der Waals surface area (Å²) in [6, 6.07) is 13.5. The van der Waals surface area contributed by atoms with E-state index >= 15 is 0 Å². The number of fused-ring (bicyclic) bond motifs is 1. The molecular weight excluding hydrogens is 468 g/mol. The van der Waals surface area contributed by atoms with Gasteiger partial charge in [0.25, 0.3) is 11.8 Å². The standard InChI is InChI=1S/C21H19BrN4O5/c1-2-31-18(28)12-26-16-6-4-3-5-15(16)19(21(26)30)25-24-17(27)11-23-20(29)13-7-9-14(22)10-8-13/h3-10,30H,2,11-12H2,1H3,(H,23,29). The van der Waals surface area contributed by atoms with Crippen molar-refractivity contribution in [3.63, 3.8) is 0 Å². The molecule has 31 heavy (non-hydrogen) atoms. The van der Waals surface area contributed by atoms with Crippen LogP contribution >= 0.6 is 15.9 Å². The Morgan fingerprint density at radius 2 is 1.84 bits per heavy atom. The van der Waals surface area contributed by atoms with Crippen molar-refractivity contribution < 1.29 is 24.2 Å². The molecule has 0 aliphatic carbocycles. The topological polar surface area (TPSA) is 122 Å². The Labute approximate surface area is 185 Å². The van der Waals surface area contributed by atoms with E-state index in [4.69, 9.17) is 4.74 Å². The second-order valence-corrected chi connectivity index (χ2v) is 7.28. The number of hydrogen-bond donors (Lipinski definition) is 2. The van der Waals surface area contributed by atoms with Crippen LogP contribution in [0.2, 0.25) is 0 Å². The van der Waals surface area contributed by atoms with Crippen LogP contribution in [0.5, 0.6) is 5.88 Å². The van der Waals surface area contributed by atoms with E-state index in [1.807, 2.05) is 0 Å². The molecular formula is C21H19BrN4O5. The number of carbonyl (C=O) groups is 3. The van der Waals surface area contributed by atoms with Crippen LogP contribution in [-0.4, -0.2) is 40.6 Å². The predicted octanol–water partition coefficient (Wildman–Crippen LogP) is 3.71. The maximum absolute atomic E-state index is 12.1. The van der Waals surface area contributed by atoms with E-state index in [0.717, 1.165) is 4.47 Å². The molecule has 0 aliphatic rings. The van der Waals surface area contributed by atoms with E-state index in [1.165, 1.54) is 4.57 Å². The number of carbonyl (C=O) groups excluding carboxylic acids is 3.